The van der Waals surface area contributed by atoms with E-state index in [0.717, 1.165) is 0 Å². The lowest BCUT2D eigenvalue weighted by atomic mass is 9.85. The van der Waals surface area contributed by atoms with Gasteiger partial charge in [-0.3, -0.25) is 4.79 Å². The molecule has 2 heterocycles. The SMILES string of the molecule is CN(C)c1ccc(NC(=O)C2(C(F)(F)F)CCNC2)cn1. The van der Waals surface area contributed by atoms with E-state index in [1.54, 1.807) is 25.1 Å². The lowest BCUT2D eigenvalue weighted by Gasteiger charge is -2.29. The predicted octanol–water partition coefficient (Wildman–Crippen LogP) is 1.63. The van der Waals surface area contributed by atoms with Crippen LogP contribution in [0.2, 0.25) is 0 Å². The first kappa shape index (κ1) is 15.6. The Kier molecular flexibility index (Phi) is 4.08. The molecule has 1 unspecified atom stereocenters. The normalized spacial score (nSPS) is 22.1. The Bertz CT molecular complexity index is 507. The van der Waals surface area contributed by atoms with Crippen molar-refractivity contribution in [1.29, 1.82) is 0 Å². The van der Waals surface area contributed by atoms with Crippen LogP contribution >= 0.6 is 0 Å². The quantitative estimate of drug-likeness (QED) is 0.891. The lowest BCUT2D eigenvalue weighted by Crippen LogP contribution is -2.49. The molecule has 2 N–H and O–H groups in total. The van der Waals surface area contributed by atoms with Crippen LogP contribution in [0.4, 0.5) is 24.7 Å². The van der Waals surface area contributed by atoms with Crippen molar-refractivity contribution in [1.82, 2.24) is 10.3 Å². The number of rotatable bonds is 3. The summed E-state index contributed by atoms with van der Waals surface area (Å²) in [4.78, 5) is 17.9. The third kappa shape index (κ3) is 2.94. The first-order valence-electron chi connectivity index (χ1n) is 6.48. The highest BCUT2D eigenvalue weighted by Gasteiger charge is 2.61. The van der Waals surface area contributed by atoms with E-state index in [-0.39, 0.29) is 18.7 Å². The summed E-state index contributed by atoms with van der Waals surface area (Å²) in [5.74, 6) is -0.388. The van der Waals surface area contributed by atoms with Gasteiger partial charge in [-0.1, -0.05) is 0 Å². The fraction of sp³-hybridized carbons (Fsp3) is 0.538. The molecule has 1 amide bonds. The van der Waals surface area contributed by atoms with Crippen LogP contribution in [-0.2, 0) is 4.79 Å². The summed E-state index contributed by atoms with van der Waals surface area (Å²) in [6.07, 6.45) is -3.50. The molecule has 1 saturated heterocycles. The number of anilines is 2. The molecule has 1 aliphatic rings. The summed E-state index contributed by atoms with van der Waals surface area (Å²) in [5.41, 5.74) is -2.12. The van der Waals surface area contributed by atoms with Gasteiger partial charge in [0.15, 0.2) is 5.41 Å². The molecule has 2 rings (SSSR count). The van der Waals surface area contributed by atoms with Gasteiger partial charge >= 0.3 is 6.18 Å². The Labute approximate surface area is 120 Å². The Morgan fingerprint density at radius 3 is 2.57 bits per heavy atom. The number of carbonyl (C=O) groups is 1. The number of aromatic nitrogens is 1. The molecule has 5 nitrogen and oxygen atoms in total. The fourth-order valence-electron chi connectivity index (χ4n) is 2.23. The van der Waals surface area contributed by atoms with E-state index in [0.29, 0.717) is 5.82 Å². The largest absolute Gasteiger partial charge is 0.404 e. The maximum absolute atomic E-state index is 13.2. The van der Waals surface area contributed by atoms with Crippen molar-refractivity contribution in [3.8, 4) is 0 Å². The summed E-state index contributed by atoms with van der Waals surface area (Å²) in [5, 5.41) is 4.92. The molecule has 116 valence electrons. The second-order valence-corrected chi connectivity index (χ2v) is 5.26. The van der Waals surface area contributed by atoms with E-state index in [1.165, 1.54) is 12.3 Å². The molecular formula is C13H17F3N4O. The number of hydrogen-bond acceptors (Lipinski definition) is 4. The molecule has 0 aromatic carbocycles. The summed E-state index contributed by atoms with van der Waals surface area (Å²) in [6, 6.07) is 3.16. The summed E-state index contributed by atoms with van der Waals surface area (Å²) >= 11 is 0. The second kappa shape index (κ2) is 5.51. The van der Waals surface area contributed by atoms with Crippen LogP contribution < -0.4 is 15.5 Å². The van der Waals surface area contributed by atoms with Gasteiger partial charge in [0.2, 0.25) is 5.91 Å². The molecule has 1 aromatic heterocycles. The van der Waals surface area contributed by atoms with Crippen LogP contribution in [-0.4, -0.2) is 44.3 Å². The lowest BCUT2D eigenvalue weighted by molar-refractivity contribution is -0.213. The number of hydrogen-bond donors (Lipinski definition) is 2. The maximum atomic E-state index is 13.2. The molecule has 0 radical (unpaired) electrons. The van der Waals surface area contributed by atoms with E-state index in [1.807, 2.05) is 0 Å². The van der Waals surface area contributed by atoms with Crippen molar-refractivity contribution in [2.24, 2.45) is 5.41 Å². The highest BCUT2D eigenvalue weighted by molar-refractivity contribution is 5.96. The van der Waals surface area contributed by atoms with E-state index < -0.39 is 24.0 Å². The van der Waals surface area contributed by atoms with Crippen LogP contribution in [0, 0.1) is 5.41 Å². The van der Waals surface area contributed by atoms with Crippen molar-refractivity contribution in [3.63, 3.8) is 0 Å². The molecule has 21 heavy (non-hydrogen) atoms. The number of alkyl halides is 3. The Morgan fingerprint density at radius 2 is 2.14 bits per heavy atom. The van der Waals surface area contributed by atoms with Gasteiger partial charge in [0.05, 0.1) is 11.9 Å². The highest BCUT2D eigenvalue weighted by atomic mass is 19.4. The Morgan fingerprint density at radius 1 is 1.43 bits per heavy atom. The highest BCUT2D eigenvalue weighted by Crippen LogP contribution is 2.43. The van der Waals surface area contributed by atoms with Gasteiger partial charge in [-0.2, -0.15) is 13.2 Å². The first-order chi connectivity index (χ1) is 9.76. The predicted molar refractivity (Wildman–Crippen MR) is 73.2 cm³/mol. The third-order valence-corrected chi connectivity index (χ3v) is 3.60. The number of nitrogens with zero attached hydrogens (tertiary/aromatic N) is 2. The summed E-state index contributed by atoms with van der Waals surface area (Å²) in [7, 11) is 3.59. The van der Waals surface area contributed by atoms with Crippen molar-refractivity contribution in [2.45, 2.75) is 12.6 Å². The molecule has 1 aliphatic heterocycles. The van der Waals surface area contributed by atoms with Gasteiger partial charge in [-0.25, -0.2) is 4.98 Å². The van der Waals surface area contributed by atoms with Gasteiger partial charge in [-0.05, 0) is 25.1 Å². The first-order valence-corrected chi connectivity index (χ1v) is 6.48. The summed E-state index contributed by atoms with van der Waals surface area (Å²) in [6.45, 7) is -0.226. The average molecular weight is 302 g/mol. The molecule has 0 aliphatic carbocycles. The van der Waals surface area contributed by atoms with Crippen molar-refractivity contribution in [2.75, 3.05) is 37.4 Å². The van der Waals surface area contributed by atoms with Gasteiger partial charge in [0.25, 0.3) is 0 Å². The zero-order chi connectivity index (χ0) is 15.7. The van der Waals surface area contributed by atoms with E-state index >= 15 is 0 Å². The van der Waals surface area contributed by atoms with Crippen LogP contribution in [0.15, 0.2) is 18.3 Å². The zero-order valence-corrected chi connectivity index (χ0v) is 11.8. The van der Waals surface area contributed by atoms with Crippen LogP contribution in [0.3, 0.4) is 0 Å². The minimum Gasteiger partial charge on any atom is -0.363 e. The molecule has 1 fully saturated rings. The van der Waals surface area contributed by atoms with Gasteiger partial charge in [0, 0.05) is 20.6 Å². The van der Waals surface area contributed by atoms with Crippen LogP contribution in [0.5, 0.6) is 0 Å². The number of carbonyl (C=O) groups excluding carboxylic acids is 1. The average Bonchev–Trinajstić information content (AvgIpc) is 2.89. The number of pyridine rings is 1. The molecule has 0 saturated carbocycles. The van der Waals surface area contributed by atoms with Gasteiger partial charge in [-0.15, -0.1) is 0 Å². The monoisotopic (exact) mass is 302 g/mol. The molecule has 0 spiro atoms. The molecule has 8 heteroatoms. The smallest absolute Gasteiger partial charge is 0.363 e. The topological polar surface area (TPSA) is 57.3 Å². The zero-order valence-electron chi connectivity index (χ0n) is 11.8. The van der Waals surface area contributed by atoms with Crippen molar-refractivity contribution >= 4 is 17.4 Å². The Hall–Kier alpha value is -1.83. The van der Waals surface area contributed by atoms with E-state index in [4.69, 9.17) is 0 Å². The standard InChI is InChI=1S/C13H17F3N4O/c1-20(2)10-4-3-9(7-18-10)19-11(21)12(13(14,15)16)5-6-17-8-12/h3-4,7,17H,5-6,8H2,1-2H3,(H,19,21). The van der Waals surface area contributed by atoms with Gasteiger partial charge < -0.3 is 15.5 Å². The van der Waals surface area contributed by atoms with Crippen molar-refractivity contribution in [3.05, 3.63) is 18.3 Å². The molecular weight excluding hydrogens is 285 g/mol. The maximum Gasteiger partial charge on any atom is 0.404 e. The third-order valence-electron chi connectivity index (χ3n) is 3.60. The number of nitrogens with one attached hydrogen (secondary N) is 2. The van der Waals surface area contributed by atoms with E-state index in [9.17, 15) is 18.0 Å². The molecule has 1 atom stereocenters. The number of amides is 1. The van der Waals surface area contributed by atoms with Crippen LogP contribution in [0.1, 0.15) is 6.42 Å². The molecule has 0 bridgehead atoms. The van der Waals surface area contributed by atoms with Crippen LogP contribution in [0.25, 0.3) is 0 Å². The van der Waals surface area contributed by atoms with Crippen molar-refractivity contribution < 1.29 is 18.0 Å². The summed E-state index contributed by atoms with van der Waals surface area (Å²) < 4.78 is 39.6. The van der Waals surface area contributed by atoms with E-state index in [2.05, 4.69) is 15.6 Å². The minimum absolute atomic E-state index is 0.171. The molecule has 1 aromatic rings. The number of halogens is 3. The van der Waals surface area contributed by atoms with Gasteiger partial charge in [0.1, 0.15) is 5.82 Å². The Balaban J connectivity index is 2.16. The fourth-order valence-corrected chi connectivity index (χ4v) is 2.23. The second-order valence-electron chi connectivity index (χ2n) is 5.26. The minimum atomic E-state index is -4.59.